The van der Waals surface area contributed by atoms with Crippen molar-refractivity contribution in [2.24, 2.45) is 0 Å². The molecule has 0 aromatic rings. The minimum absolute atomic E-state index is 0.0322. The maximum absolute atomic E-state index is 12.2. The molecule has 1 fully saturated rings. The summed E-state index contributed by atoms with van der Waals surface area (Å²) in [7, 11) is -1.87. The Bertz CT molecular complexity index is 437. The van der Waals surface area contributed by atoms with Gasteiger partial charge in [0.05, 0.1) is 6.04 Å². The number of likely N-dealkylation sites (tertiary alicyclic amines) is 1. The minimum Gasteiger partial charge on any atom is -0.444 e. The summed E-state index contributed by atoms with van der Waals surface area (Å²) in [6.45, 7) is 17.0. The van der Waals surface area contributed by atoms with Crippen LogP contribution in [0.15, 0.2) is 0 Å². The zero-order valence-corrected chi connectivity index (χ0v) is 16.9. The molecule has 1 aliphatic rings. The van der Waals surface area contributed by atoms with Crippen LogP contribution in [0.2, 0.25) is 18.1 Å². The number of piperidine rings is 1. The Kier molecular flexibility index (Phi) is 6.07. The lowest BCUT2D eigenvalue weighted by atomic mass is 10.0. The molecule has 1 saturated heterocycles. The molecule has 134 valence electrons. The Hall–Kier alpha value is -0.883. The lowest BCUT2D eigenvalue weighted by molar-refractivity contribution is -0.115. The third kappa shape index (κ3) is 5.60. The van der Waals surface area contributed by atoms with Crippen molar-refractivity contribution in [1.82, 2.24) is 4.90 Å². The van der Waals surface area contributed by atoms with Gasteiger partial charge in [-0.3, -0.25) is 4.90 Å². The molecule has 0 bridgehead atoms. The topological polar surface area (TPSA) is 55.8 Å². The molecule has 1 rings (SSSR count). The molecule has 0 aromatic heterocycles. The van der Waals surface area contributed by atoms with E-state index in [2.05, 4.69) is 33.9 Å². The van der Waals surface area contributed by atoms with Crippen LogP contribution in [0, 0.1) is 0 Å². The molecule has 0 N–H and O–H groups in total. The van der Waals surface area contributed by atoms with Crippen LogP contribution in [0.25, 0.3) is 0 Å². The number of hydrogen-bond donors (Lipinski definition) is 0. The van der Waals surface area contributed by atoms with E-state index in [-0.39, 0.29) is 11.1 Å². The van der Waals surface area contributed by atoms with Crippen LogP contribution < -0.4 is 0 Å². The standard InChI is InChI=1S/C17H33NO4Si/c1-16(2,3)21-15(20)18-10-9-14(11-13(18)12-19)22-23(7,8)17(4,5)6/h12-14H,9-11H2,1-8H3/t13-,14+/m1/s1. The van der Waals surface area contributed by atoms with Crippen molar-refractivity contribution in [2.75, 3.05) is 6.54 Å². The van der Waals surface area contributed by atoms with Gasteiger partial charge in [-0.25, -0.2) is 4.79 Å². The van der Waals surface area contributed by atoms with Crippen molar-refractivity contribution < 1.29 is 18.8 Å². The number of amides is 1. The first-order valence-corrected chi connectivity index (χ1v) is 11.3. The summed E-state index contributed by atoms with van der Waals surface area (Å²) in [5, 5.41) is 0.131. The summed E-state index contributed by atoms with van der Waals surface area (Å²) in [6.07, 6.45) is 1.75. The van der Waals surface area contributed by atoms with Gasteiger partial charge >= 0.3 is 6.09 Å². The van der Waals surface area contributed by atoms with Crippen LogP contribution in [0.4, 0.5) is 4.79 Å². The predicted octanol–water partition coefficient (Wildman–Crippen LogP) is 3.98. The molecule has 1 heterocycles. The van der Waals surface area contributed by atoms with Gasteiger partial charge in [0.25, 0.3) is 0 Å². The second-order valence-corrected chi connectivity index (χ2v) is 13.7. The second-order valence-electron chi connectivity index (χ2n) is 8.90. The Morgan fingerprint density at radius 1 is 1.17 bits per heavy atom. The van der Waals surface area contributed by atoms with E-state index in [9.17, 15) is 9.59 Å². The van der Waals surface area contributed by atoms with Gasteiger partial charge in [-0.15, -0.1) is 0 Å². The highest BCUT2D eigenvalue weighted by atomic mass is 28.4. The average Bonchev–Trinajstić information content (AvgIpc) is 2.34. The van der Waals surface area contributed by atoms with Gasteiger partial charge in [0.2, 0.25) is 0 Å². The van der Waals surface area contributed by atoms with Crippen molar-refractivity contribution in [3.05, 3.63) is 0 Å². The molecular weight excluding hydrogens is 310 g/mol. The Morgan fingerprint density at radius 2 is 1.74 bits per heavy atom. The highest BCUT2D eigenvalue weighted by Gasteiger charge is 2.42. The molecule has 5 nitrogen and oxygen atoms in total. The Morgan fingerprint density at radius 3 is 2.17 bits per heavy atom. The monoisotopic (exact) mass is 343 g/mol. The maximum Gasteiger partial charge on any atom is 0.410 e. The third-order valence-electron chi connectivity index (χ3n) is 4.65. The van der Waals surface area contributed by atoms with E-state index in [1.54, 1.807) is 0 Å². The second kappa shape index (κ2) is 6.93. The highest BCUT2D eigenvalue weighted by Crippen LogP contribution is 2.38. The summed E-state index contributed by atoms with van der Waals surface area (Å²) < 4.78 is 11.8. The first-order chi connectivity index (χ1) is 10.3. The van der Waals surface area contributed by atoms with E-state index >= 15 is 0 Å². The van der Waals surface area contributed by atoms with Crippen LogP contribution in [-0.2, 0) is 14.0 Å². The van der Waals surface area contributed by atoms with Crippen LogP contribution in [-0.4, -0.2) is 49.9 Å². The molecule has 23 heavy (non-hydrogen) atoms. The predicted molar refractivity (Wildman–Crippen MR) is 94.1 cm³/mol. The van der Waals surface area contributed by atoms with Crippen LogP contribution in [0.1, 0.15) is 54.4 Å². The van der Waals surface area contributed by atoms with E-state index in [1.165, 1.54) is 4.90 Å². The molecule has 1 amide bonds. The fraction of sp³-hybridized carbons (Fsp3) is 0.882. The number of ether oxygens (including phenoxy) is 1. The highest BCUT2D eigenvalue weighted by molar-refractivity contribution is 6.74. The van der Waals surface area contributed by atoms with E-state index in [1.807, 2.05) is 20.8 Å². The lowest BCUT2D eigenvalue weighted by Crippen LogP contribution is -2.53. The van der Waals surface area contributed by atoms with Crippen molar-refractivity contribution in [1.29, 1.82) is 0 Å². The first kappa shape index (κ1) is 20.2. The van der Waals surface area contributed by atoms with Crippen molar-refractivity contribution in [2.45, 2.75) is 90.3 Å². The molecule has 6 heteroatoms. The van der Waals surface area contributed by atoms with Gasteiger partial charge in [0.1, 0.15) is 11.9 Å². The fourth-order valence-corrected chi connectivity index (χ4v) is 3.74. The van der Waals surface area contributed by atoms with Gasteiger partial charge < -0.3 is 14.0 Å². The summed E-state index contributed by atoms with van der Waals surface area (Å²) in [4.78, 5) is 25.2. The molecule has 0 unspecified atom stereocenters. The quantitative estimate of drug-likeness (QED) is 0.574. The molecule has 0 aliphatic carbocycles. The van der Waals surface area contributed by atoms with Gasteiger partial charge in [0.15, 0.2) is 8.32 Å². The summed E-state index contributed by atoms with van der Waals surface area (Å²) in [6, 6.07) is -0.464. The van der Waals surface area contributed by atoms with Gasteiger partial charge in [-0.05, 0) is 51.7 Å². The Labute approximate surface area is 141 Å². The van der Waals surface area contributed by atoms with Crippen molar-refractivity contribution in [3.8, 4) is 0 Å². The number of rotatable bonds is 3. The lowest BCUT2D eigenvalue weighted by Gasteiger charge is -2.43. The van der Waals surface area contributed by atoms with Crippen LogP contribution >= 0.6 is 0 Å². The fourth-order valence-electron chi connectivity index (χ4n) is 2.34. The summed E-state index contributed by atoms with van der Waals surface area (Å²) in [5.41, 5.74) is -0.557. The summed E-state index contributed by atoms with van der Waals surface area (Å²) in [5.74, 6) is 0. The number of carbonyl (C=O) groups is 2. The largest absolute Gasteiger partial charge is 0.444 e. The van der Waals surface area contributed by atoms with Gasteiger partial charge in [-0.1, -0.05) is 20.8 Å². The number of carbonyl (C=O) groups excluding carboxylic acids is 2. The van der Waals surface area contributed by atoms with Crippen molar-refractivity contribution in [3.63, 3.8) is 0 Å². The zero-order chi connectivity index (χ0) is 18.1. The third-order valence-corrected chi connectivity index (χ3v) is 9.18. The molecular formula is C17H33NO4Si. The van der Waals surface area contributed by atoms with Gasteiger partial charge in [0, 0.05) is 12.6 Å². The van der Waals surface area contributed by atoms with E-state index < -0.39 is 26.1 Å². The normalized spacial score (nSPS) is 23.6. The molecule has 0 aromatic carbocycles. The smallest absolute Gasteiger partial charge is 0.410 e. The maximum atomic E-state index is 12.2. The minimum atomic E-state index is -1.87. The van der Waals surface area contributed by atoms with E-state index in [0.29, 0.717) is 13.0 Å². The zero-order valence-electron chi connectivity index (χ0n) is 15.9. The summed E-state index contributed by atoms with van der Waals surface area (Å²) >= 11 is 0. The SMILES string of the molecule is CC(C)(C)OC(=O)N1CC[C@H](O[Si](C)(C)C(C)(C)C)C[C@@H]1C=O. The molecule has 0 radical (unpaired) electrons. The molecule has 0 saturated carbocycles. The molecule has 2 atom stereocenters. The van der Waals surface area contributed by atoms with Crippen LogP contribution in [0.5, 0.6) is 0 Å². The average molecular weight is 344 g/mol. The Balaban J connectivity index is 2.73. The number of hydrogen-bond acceptors (Lipinski definition) is 4. The van der Waals surface area contributed by atoms with Crippen molar-refractivity contribution >= 4 is 20.7 Å². The first-order valence-electron chi connectivity index (χ1n) is 8.39. The molecule has 0 spiro atoms. The van der Waals surface area contributed by atoms with Gasteiger partial charge in [-0.2, -0.15) is 0 Å². The number of nitrogens with zero attached hydrogens (tertiary/aromatic N) is 1. The van der Waals surface area contributed by atoms with E-state index in [4.69, 9.17) is 9.16 Å². The van der Waals surface area contributed by atoms with Crippen LogP contribution in [0.3, 0.4) is 0 Å². The number of aldehydes is 1. The van der Waals surface area contributed by atoms with E-state index in [0.717, 1.165) is 12.7 Å². The molecule has 1 aliphatic heterocycles.